The van der Waals surface area contributed by atoms with Gasteiger partial charge in [0.2, 0.25) is 5.91 Å². The first kappa shape index (κ1) is 16.4. The Morgan fingerprint density at radius 2 is 2.06 bits per heavy atom. The molecule has 0 aromatic heterocycles. The maximum absolute atomic E-state index is 11.4. The number of nitrogens with one attached hydrogen (secondary N) is 1. The standard InChI is InChI=1S/C13H28N2O2/c1-5-11(3)17-10-8-7-9-13(4,12(14)16)15-6-2/h11,15H,5-10H2,1-4H3,(H2,14,16). The Bertz CT molecular complexity index is 221. The summed E-state index contributed by atoms with van der Waals surface area (Å²) in [5.41, 5.74) is 4.83. The van der Waals surface area contributed by atoms with Gasteiger partial charge >= 0.3 is 0 Å². The average molecular weight is 244 g/mol. The van der Waals surface area contributed by atoms with Crippen LogP contribution in [0.15, 0.2) is 0 Å². The number of unbranched alkanes of at least 4 members (excludes halogenated alkanes) is 1. The number of primary amides is 1. The van der Waals surface area contributed by atoms with Gasteiger partial charge in [-0.3, -0.25) is 4.79 Å². The lowest BCUT2D eigenvalue weighted by atomic mass is 9.94. The summed E-state index contributed by atoms with van der Waals surface area (Å²) in [6.45, 7) is 9.55. The molecule has 0 radical (unpaired) electrons. The van der Waals surface area contributed by atoms with Gasteiger partial charge in [-0.15, -0.1) is 0 Å². The second kappa shape index (κ2) is 8.48. The van der Waals surface area contributed by atoms with Crippen molar-refractivity contribution in [2.24, 2.45) is 5.73 Å². The largest absolute Gasteiger partial charge is 0.379 e. The molecule has 102 valence electrons. The minimum absolute atomic E-state index is 0.276. The van der Waals surface area contributed by atoms with Crippen LogP contribution in [0.2, 0.25) is 0 Å². The molecule has 0 saturated heterocycles. The molecule has 17 heavy (non-hydrogen) atoms. The molecule has 0 aromatic rings. The van der Waals surface area contributed by atoms with Gasteiger partial charge in [-0.25, -0.2) is 0 Å². The summed E-state index contributed by atoms with van der Waals surface area (Å²) in [7, 11) is 0. The molecule has 0 bridgehead atoms. The van der Waals surface area contributed by atoms with E-state index in [1.807, 2.05) is 13.8 Å². The third kappa shape index (κ3) is 6.64. The first-order chi connectivity index (χ1) is 7.96. The Balaban J connectivity index is 3.80. The summed E-state index contributed by atoms with van der Waals surface area (Å²) in [5, 5.41) is 3.15. The fourth-order valence-corrected chi connectivity index (χ4v) is 1.67. The summed E-state index contributed by atoms with van der Waals surface area (Å²) in [6.07, 6.45) is 4.05. The van der Waals surface area contributed by atoms with Crippen molar-refractivity contribution in [1.82, 2.24) is 5.32 Å². The first-order valence-electron chi connectivity index (χ1n) is 6.62. The molecule has 0 aliphatic carbocycles. The van der Waals surface area contributed by atoms with E-state index in [9.17, 15) is 4.79 Å². The van der Waals surface area contributed by atoms with Crippen molar-refractivity contribution in [3.05, 3.63) is 0 Å². The number of likely N-dealkylation sites (N-methyl/N-ethyl adjacent to an activating group) is 1. The zero-order valence-electron chi connectivity index (χ0n) is 11.7. The lowest BCUT2D eigenvalue weighted by molar-refractivity contribution is -0.124. The lowest BCUT2D eigenvalue weighted by Gasteiger charge is -2.27. The van der Waals surface area contributed by atoms with E-state index in [4.69, 9.17) is 10.5 Å². The molecule has 0 rings (SSSR count). The zero-order valence-corrected chi connectivity index (χ0v) is 11.7. The number of hydrogen-bond acceptors (Lipinski definition) is 3. The van der Waals surface area contributed by atoms with Gasteiger partial charge in [-0.2, -0.15) is 0 Å². The zero-order chi connectivity index (χ0) is 13.3. The van der Waals surface area contributed by atoms with E-state index in [1.165, 1.54) is 0 Å². The van der Waals surface area contributed by atoms with Gasteiger partial charge in [0.25, 0.3) is 0 Å². The minimum Gasteiger partial charge on any atom is -0.379 e. The van der Waals surface area contributed by atoms with Gasteiger partial charge in [-0.1, -0.05) is 13.8 Å². The fourth-order valence-electron chi connectivity index (χ4n) is 1.67. The normalized spacial score (nSPS) is 16.5. The van der Waals surface area contributed by atoms with Gasteiger partial charge in [-0.05, 0) is 46.1 Å². The molecule has 0 aliphatic heterocycles. The van der Waals surface area contributed by atoms with E-state index in [-0.39, 0.29) is 5.91 Å². The predicted octanol–water partition coefficient (Wildman–Crippen LogP) is 1.83. The van der Waals surface area contributed by atoms with E-state index < -0.39 is 5.54 Å². The third-order valence-electron chi connectivity index (χ3n) is 3.16. The van der Waals surface area contributed by atoms with Crippen LogP contribution in [0.4, 0.5) is 0 Å². The Morgan fingerprint density at radius 1 is 1.41 bits per heavy atom. The molecule has 0 heterocycles. The van der Waals surface area contributed by atoms with Gasteiger partial charge in [0.15, 0.2) is 0 Å². The van der Waals surface area contributed by atoms with Gasteiger partial charge in [0, 0.05) is 6.61 Å². The molecular formula is C13H28N2O2. The van der Waals surface area contributed by atoms with E-state index in [0.29, 0.717) is 6.10 Å². The van der Waals surface area contributed by atoms with Crippen molar-refractivity contribution < 1.29 is 9.53 Å². The molecular weight excluding hydrogens is 216 g/mol. The van der Waals surface area contributed by atoms with E-state index in [2.05, 4.69) is 19.2 Å². The highest BCUT2D eigenvalue weighted by Gasteiger charge is 2.28. The van der Waals surface area contributed by atoms with Crippen LogP contribution in [0.25, 0.3) is 0 Å². The molecule has 0 fully saturated rings. The summed E-state index contributed by atoms with van der Waals surface area (Å²) < 4.78 is 5.59. The quantitative estimate of drug-likeness (QED) is 0.576. The molecule has 2 unspecified atom stereocenters. The van der Waals surface area contributed by atoms with E-state index >= 15 is 0 Å². The lowest BCUT2D eigenvalue weighted by Crippen LogP contribution is -2.52. The van der Waals surface area contributed by atoms with Crippen LogP contribution in [-0.2, 0) is 9.53 Å². The van der Waals surface area contributed by atoms with E-state index in [1.54, 1.807) is 0 Å². The van der Waals surface area contributed by atoms with Crippen molar-refractivity contribution in [3.8, 4) is 0 Å². The predicted molar refractivity (Wildman–Crippen MR) is 70.8 cm³/mol. The number of carbonyl (C=O) groups excluding carboxylic acids is 1. The van der Waals surface area contributed by atoms with Crippen molar-refractivity contribution >= 4 is 5.91 Å². The number of amides is 1. The van der Waals surface area contributed by atoms with Gasteiger partial charge in [0.05, 0.1) is 11.6 Å². The Labute approximate surface area is 105 Å². The van der Waals surface area contributed by atoms with Crippen LogP contribution in [0.1, 0.15) is 53.4 Å². The average Bonchev–Trinajstić information content (AvgIpc) is 2.28. The van der Waals surface area contributed by atoms with Crippen molar-refractivity contribution in [1.29, 1.82) is 0 Å². The second-order valence-electron chi connectivity index (χ2n) is 4.77. The van der Waals surface area contributed by atoms with Crippen LogP contribution in [0.3, 0.4) is 0 Å². The summed E-state index contributed by atoms with van der Waals surface area (Å²) in [6, 6.07) is 0. The van der Waals surface area contributed by atoms with E-state index in [0.717, 1.165) is 38.8 Å². The summed E-state index contributed by atoms with van der Waals surface area (Å²) >= 11 is 0. The maximum atomic E-state index is 11.4. The molecule has 0 spiro atoms. The maximum Gasteiger partial charge on any atom is 0.237 e. The number of hydrogen-bond donors (Lipinski definition) is 2. The van der Waals surface area contributed by atoms with Crippen molar-refractivity contribution in [2.45, 2.75) is 65.0 Å². The summed E-state index contributed by atoms with van der Waals surface area (Å²) in [5.74, 6) is -0.276. The monoisotopic (exact) mass is 244 g/mol. The Hall–Kier alpha value is -0.610. The highest BCUT2D eigenvalue weighted by Crippen LogP contribution is 2.13. The van der Waals surface area contributed by atoms with Crippen molar-refractivity contribution in [3.63, 3.8) is 0 Å². The number of ether oxygens (including phenoxy) is 1. The fraction of sp³-hybridized carbons (Fsp3) is 0.923. The number of nitrogens with two attached hydrogens (primary N) is 1. The minimum atomic E-state index is -0.578. The second-order valence-corrected chi connectivity index (χ2v) is 4.77. The number of carbonyl (C=O) groups is 1. The van der Waals surface area contributed by atoms with Crippen LogP contribution in [-0.4, -0.2) is 30.7 Å². The Kier molecular flexibility index (Phi) is 8.17. The Morgan fingerprint density at radius 3 is 2.53 bits per heavy atom. The molecule has 2 atom stereocenters. The highest BCUT2D eigenvalue weighted by molar-refractivity contribution is 5.84. The molecule has 0 aliphatic rings. The first-order valence-corrected chi connectivity index (χ1v) is 6.62. The molecule has 4 nitrogen and oxygen atoms in total. The smallest absolute Gasteiger partial charge is 0.237 e. The van der Waals surface area contributed by atoms with Crippen LogP contribution < -0.4 is 11.1 Å². The van der Waals surface area contributed by atoms with Gasteiger partial charge < -0.3 is 15.8 Å². The SMILES string of the molecule is CCNC(C)(CCCCOC(C)CC)C(N)=O. The molecule has 3 N–H and O–H groups in total. The van der Waals surface area contributed by atoms with Crippen LogP contribution in [0, 0.1) is 0 Å². The molecule has 4 heteroatoms. The molecule has 0 aromatic carbocycles. The third-order valence-corrected chi connectivity index (χ3v) is 3.16. The molecule has 0 saturated carbocycles. The molecule has 1 amide bonds. The number of rotatable bonds is 10. The van der Waals surface area contributed by atoms with Crippen LogP contribution in [0.5, 0.6) is 0 Å². The summed E-state index contributed by atoms with van der Waals surface area (Å²) in [4.78, 5) is 11.4. The van der Waals surface area contributed by atoms with Gasteiger partial charge in [0.1, 0.15) is 0 Å². The highest BCUT2D eigenvalue weighted by atomic mass is 16.5. The topological polar surface area (TPSA) is 64.3 Å². The van der Waals surface area contributed by atoms with Crippen molar-refractivity contribution in [2.75, 3.05) is 13.2 Å². The van der Waals surface area contributed by atoms with Crippen LogP contribution >= 0.6 is 0 Å².